The quantitative estimate of drug-likeness (QED) is 0.520. The zero-order valence-electron chi connectivity index (χ0n) is 10.7. The fourth-order valence-electron chi connectivity index (χ4n) is 2.67. The Hall–Kier alpha value is -2.50. The zero-order chi connectivity index (χ0) is 14.1. The van der Waals surface area contributed by atoms with Crippen molar-refractivity contribution in [3.8, 4) is 0 Å². The first-order valence-corrected chi connectivity index (χ1v) is 6.43. The highest BCUT2D eigenvalue weighted by molar-refractivity contribution is 6.00. The van der Waals surface area contributed by atoms with E-state index in [1.165, 1.54) is 18.2 Å². The number of para-hydroxylation sites is 1. The van der Waals surface area contributed by atoms with Crippen molar-refractivity contribution in [3.05, 3.63) is 52.1 Å². The number of allylic oxidation sites excluding steroid dienone is 2. The number of hydrazone groups is 1. The molecule has 1 fully saturated rings. The largest absolute Gasteiger partial charge is 0.282 e. The number of fused-ring (bicyclic) bond motifs is 1. The van der Waals surface area contributed by atoms with Crippen LogP contribution in [-0.4, -0.2) is 16.5 Å². The Kier molecular flexibility index (Phi) is 3.06. The van der Waals surface area contributed by atoms with E-state index < -0.39 is 10.8 Å². The SMILES string of the molecule is O=C(N/N=C1\C[C@@H]2C=CC[C@H]12)c1ccccc1[N+](=O)[O-]. The van der Waals surface area contributed by atoms with Gasteiger partial charge in [-0.3, -0.25) is 14.9 Å². The molecule has 2 atom stereocenters. The summed E-state index contributed by atoms with van der Waals surface area (Å²) < 4.78 is 0. The molecule has 1 amide bonds. The number of hydrogen-bond acceptors (Lipinski definition) is 4. The summed E-state index contributed by atoms with van der Waals surface area (Å²) in [5, 5.41) is 15.0. The first-order chi connectivity index (χ1) is 9.66. The molecule has 0 aliphatic heterocycles. The van der Waals surface area contributed by atoms with E-state index in [0.29, 0.717) is 11.8 Å². The molecule has 6 heteroatoms. The van der Waals surface area contributed by atoms with Crippen LogP contribution in [-0.2, 0) is 0 Å². The molecule has 6 nitrogen and oxygen atoms in total. The maximum Gasteiger partial charge on any atom is 0.282 e. The zero-order valence-corrected chi connectivity index (χ0v) is 10.7. The van der Waals surface area contributed by atoms with Gasteiger partial charge in [0, 0.05) is 17.7 Å². The molecule has 1 N–H and O–H groups in total. The first kappa shape index (κ1) is 12.5. The van der Waals surface area contributed by atoms with E-state index in [1.54, 1.807) is 6.07 Å². The van der Waals surface area contributed by atoms with Crippen molar-refractivity contribution in [2.75, 3.05) is 0 Å². The van der Waals surface area contributed by atoms with Gasteiger partial charge in [0.25, 0.3) is 11.6 Å². The number of nitrogens with zero attached hydrogens (tertiary/aromatic N) is 2. The average molecular weight is 271 g/mol. The number of rotatable bonds is 3. The van der Waals surface area contributed by atoms with E-state index in [9.17, 15) is 14.9 Å². The van der Waals surface area contributed by atoms with Gasteiger partial charge in [-0.2, -0.15) is 5.10 Å². The molecular weight excluding hydrogens is 258 g/mol. The Morgan fingerprint density at radius 2 is 2.20 bits per heavy atom. The van der Waals surface area contributed by atoms with Gasteiger partial charge in [-0.1, -0.05) is 24.3 Å². The second-order valence-corrected chi connectivity index (χ2v) is 4.96. The number of nitro groups is 1. The summed E-state index contributed by atoms with van der Waals surface area (Å²) in [4.78, 5) is 22.3. The smallest absolute Gasteiger partial charge is 0.267 e. The molecule has 2 aliphatic carbocycles. The molecule has 2 aliphatic rings. The molecule has 20 heavy (non-hydrogen) atoms. The topological polar surface area (TPSA) is 84.6 Å². The van der Waals surface area contributed by atoms with E-state index in [0.717, 1.165) is 18.6 Å². The first-order valence-electron chi connectivity index (χ1n) is 6.43. The summed E-state index contributed by atoms with van der Waals surface area (Å²) in [5.74, 6) is 0.414. The van der Waals surface area contributed by atoms with Crippen molar-refractivity contribution in [2.45, 2.75) is 12.8 Å². The number of nitrogens with one attached hydrogen (secondary N) is 1. The number of hydrogen-bond donors (Lipinski definition) is 1. The molecule has 0 unspecified atom stereocenters. The Bertz CT molecular complexity index is 636. The van der Waals surface area contributed by atoms with Crippen LogP contribution in [0.1, 0.15) is 23.2 Å². The van der Waals surface area contributed by atoms with Gasteiger partial charge in [-0.05, 0) is 24.8 Å². The maximum atomic E-state index is 12.0. The van der Waals surface area contributed by atoms with Crippen LogP contribution in [0, 0.1) is 22.0 Å². The third-order valence-electron chi connectivity index (χ3n) is 3.81. The lowest BCUT2D eigenvalue weighted by molar-refractivity contribution is -0.385. The standard InChI is InChI=1S/C14H13N3O3/c18-14(11-5-1-2-7-13(11)17(19)20)16-15-12-8-9-4-3-6-10(9)12/h1-5,7,9-10H,6,8H2,(H,16,18)/b15-12+/t9-,10-/m0/s1. The van der Waals surface area contributed by atoms with Crippen molar-refractivity contribution >= 4 is 17.3 Å². The molecule has 0 radical (unpaired) electrons. The summed E-state index contributed by atoms with van der Waals surface area (Å²) >= 11 is 0. The highest BCUT2D eigenvalue weighted by Crippen LogP contribution is 2.40. The molecule has 0 aromatic heterocycles. The van der Waals surface area contributed by atoms with Gasteiger partial charge in [0.2, 0.25) is 0 Å². The molecule has 1 aromatic carbocycles. The number of amides is 1. The molecule has 0 bridgehead atoms. The third kappa shape index (κ3) is 2.09. The lowest BCUT2D eigenvalue weighted by atomic mass is 9.74. The van der Waals surface area contributed by atoms with Crippen LogP contribution in [0.4, 0.5) is 5.69 Å². The van der Waals surface area contributed by atoms with E-state index >= 15 is 0 Å². The molecular formula is C14H13N3O3. The lowest BCUT2D eigenvalue weighted by Crippen LogP contribution is -2.35. The number of carbonyl (C=O) groups is 1. The number of benzene rings is 1. The minimum atomic E-state index is -0.567. The van der Waals surface area contributed by atoms with Crippen LogP contribution in [0.2, 0.25) is 0 Å². The average Bonchev–Trinajstić information content (AvgIpc) is 2.80. The predicted molar refractivity (Wildman–Crippen MR) is 73.4 cm³/mol. The van der Waals surface area contributed by atoms with Gasteiger partial charge in [0.1, 0.15) is 5.56 Å². The highest BCUT2D eigenvalue weighted by Gasteiger charge is 2.38. The van der Waals surface area contributed by atoms with Crippen LogP contribution >= 0.6 is 0 Å². The van der Waals surface area contributed by atoms with E-state index in [2.05, 4.69) is 22.7 Å². The van der Waals surface area contributed by atoms with Gasteiger partial charge in [-0.15, -0.1) is 0 Å². The van der Waals surface area contributed by atoms with Gasteiger partial charge in [0.05, 0.1) is 4.92 Å². The summed E-state index contributed by atoms with van der Waals surface area (Å²) in [6.45, 7) is 0. The maximum absolute atomic E-state index is 12.0. The van der Waals surface area contributed by atoms with Crippen molar-refractivity contribution < 1.29 is 9.72 Å². The minimum absolute atomic E-state index is 0.0299. The normalized spacial score (nSPS) is 25.1. The summed E-state index contributed by atoms with van der Waals surface area (Å²) in [6, 6.07) is 5.85. The van der Waals surface area contributed by atoms with Crippen LogP contribution in [0.5, 0.6) is 0 Å². The summed E-state index contributed by atoms with van der Waals surface area (Å²) in [7, 11) is 0. The Balaban J connectivity index is 1.71. The van der Waals surface area contributed by atoms with Crippen molar-refractivity contribution in [2.24, 2.45) is 16.9 Å². The summed E-state index contributed by atoms with van der Waals surface area (Å²) in [5.41, 5.74) is 3.21. The highest BCUT2D eigenvalue weighted by atomic mass is 16.6. The fourth-order valence-corrected chi connectivity index (χ4v) is 2.67. The molecule has 102 valence electrons. The molecule has 0 heterocycles. The monoisotopic (exact) mass is 271 g/mol. The molecule has 1 saturated carbocycles. The number of carbonyl (C=O) groups excluding carboxylic acids is 1. The molecule has 3 rings (SSSR count). The van der Waals surface area contributed by atoms with E-state index in [1.807, 2.05) is 0 Å². The van der Waals surface area contributed by atoms with Crippen LogP contribution in [0.15, 0.2) is 41.5 Å². The van der Waals surface area contributed by atoms with Gasteiger partial charge >= 0.3 is 0 Å². The Labute approximate surface area is 115 Å². The van der Waals surface area contributed by atoms with Gasteiger partial charge in [0.15, 0.2) is 0 Å². The van der Waals surface area contributed by atoms with Crippen LogP contribution in [0.25, 0.3) is 0 Å². The van der Waals surface area contributed by atoms with Gasteiger partial charge < -0.3 is 0 Å². The Morgan fingerprint density at radius 1 is 1.40 bits per heavy atom. The lowest BCUT2D eigenvalue weighted by Gasteiger charge is -2.31. The Morgan fingerprint density at radius 3 is 2.95 bits per heavy atom. The molecule has 1 aromatic rings. The van der Waals surface area contributed by atoms with Crippen molar-refractivity contribution in [3.63, 3.8) is 0 Å². The number of nitro benzene ring substituents is 1. The predicted octanol–water partition coefficient (Wildman–Crippen LogP) is 2.28. The van der Waals surface area contributed by atoms with Crippen LogP contribution in [0.3, 0.4) is 0 Å². The van der Waals surface area contributed by atoms with Crippen molar-refractivity contribution in [1.29, 1.82) is 0 Å². The second-order valence-electron chi connectivity index (χ2n) is 4.96. The second kappa shape index (κ2) is 4.88. The van der Waals surface area contributed by atoms with Gasteiger partial charge in [-0.25, -0.2) is 5.43 Å². The fraction of sp³-hybridized carbons (Fsp3) is 0.286. The third-order valence-corrected chi connectivity index (χ3v) is 3.81. The molecule has 0 spiro atoms. The van der Waals surface area contributed by atoms with E-state index in [4.69, 9.17) is 0 Å². The minimum Gasteiger partial charge on any atom is -0.267 e. The molecule has 0 saturated heterocycles. The van der Waals surface area contributed by atoms with E-state index in [-0.39, 0.29) is 11.3 Å². The van der Waals surface area contributed by atoms with Crippen molar-refractivity contribution in [1.82, 2.24) is 5.43 Å². The van der Waals surface area contributed by atoms with Crippen LogP contribution < -0.4 is 5.43 Å². The summed E-state index contributed by atoms with van der Waals surface area (Å²) in [6.07, 6.45) is 6.12.